The van der Waals surface area contributed by atoms with E-state index in [1.165, 1.54) is 6.07 Å². The summed E-state index contributed by atoms with van der Waals surface area (Å²) in [6.45, 7) is 2.46. The van der Waals surface area contributed by atoms with Gasteiger partial charge in [-0.3, -0.25) is 0 Å². The zero-order chi connectivity index (χ0) is 13.0. The third-order valence-corrected chi connectivity index (χ3v) is 3.76. The zero-order valence-corrected chi connectivity index (χ0v) is 11.9. The quantitative estimate of drug-likeness (QED) is 0.905. The van der Waals surface area contributed by atoms with Gasteiger partial charge >= 0.3 is 0 Å². The van der Waals surface area contributed by atoms with Crippen LogP contribution in [-0.4, -0.2) is 32.5 Å². The molecule has 2 rings (SSSR count). The third-order valence-electron chi connectivity index (χ3n) is 3.27. The second kappa shape index (κ2) is 6.10. The van der Waals surface area contributed by atoms with Crippen molar-refractivity contribution in [3.8, 4) is 0 Å². The van der Waals surface area contributed by atoms with Crippen LogP contribution in [0.25, 0.3) is 0 Å². The number of nitrogens with one attached hydrogen (secondary N) is 1. The van der Waals surface area contributed by atoms with Crippen molar-refractivity contribution in [2.24, 2.45) is 0 Å². The maximum absolute atomic E-state index is 13.5. The molecule has 1 saturated heterocycles. The van der Waals surface area contributed by atoms with Gasteiger partial charge in [-0.25, -0.2) is 4.39 Å². The fourth-order valence-electron chi connectivity index (χ4n) is 2.06. The molecular weight excluding hydrogens is 301 g/mol. The van der Waals surface area contributed by atoms with Gasteiger partial charge in [0.15, 0.2) is 0 Å². The Bertz CT molecular complexity index is 408. The zero-order valence-electron chi connectivity index (χ0n) is 10.3. The average molecular weight is 318 g/mol. The maximum atomic E-state index is 13.5. The molecule has 1 fully saturated rings. The molecule has 1 aromatic carbocycles. The van der Waals surface area contributed by atoms with Gasteiger partial charge in [-0.2, -0.15) is 0 Å². The molecule has 1 aliphatic heterocycles. The van der Waals surface area contributed by atoms with Crippen LogP contribution in [0.2, 0.25) is 0 Å². The molecule has 0 aromatic heterocycles. The Hall–Kier alpha value is -0.490. The van der Waals surface area contributed by atoms with Crippen LogP contribution in [-0.2, 0) is 16.0 Å². The van der Waals surface area contributed by atoms with E-state index in [2.05, 4.69) is 21.2 Å². The molecule has 0 amide bonds. The molecule has 1 aromatic rings. The van der Waals surface area contributed by atoms with E-state index in [1.807, 2.05) is 0 Å². The van der Waals surface area contributed by atoms with Gasteiger partial charge in [0.1, 0.15) is 11.4 Å². The van der Waals surface area contributed by atoms with Crippen LogP contribution in [0.1, 0.15) is 12.0 Å². The predicted octanol–water partition coefficient (Wildman–Crippen LogP) is 2.48. The summed E-state index contributed by atoms with van der Waals surface area (Å²) in [4.78, 5) is 0. The van der Waals surface area contributed by atoms with Gasteiger partial charge in [0.25, 0.3) is 0 Å². The van der Waals surface area contributed by atoms with Gasteiger partial charge in [0.05, 0.1) is 6.61 Å². The first-order valence-electron chi connectivity index (χ1n) is 5.93. The minimum Gasteiger partial charge on any atom is -0.378 e. The van der Waals surface area contributed by atoms with E-state index in [0.717, 1.165) is 17.5 Å². The highest BCUT2D eigenvalue weighted by Crippen LogP contribution is 2.22. The van der Waals surface area contributed by atoms with Crippen LogP contribution in [0, 0.1) is 5.82 Å². The number of hydrogen-bond donors (Lipinski definition) is 1. The number of methoxy groups -OCH3 is 1. The minimum absolute atomic E-state index is 0.195. The van der Waals surface area contributed by atoms with Gasteiger partial charge in [-0.15, -0.1) is 0 Å². The summed E-state index contributed by atoms with van der Waals surface area (Å²) >= 11 is 3.34. The molecule has 0 bridgehead atoms. The standard InChI is InChI=1S/C13H17BrFNO2/c1-17-13(4-5-18-9-13)8-16-7-10-6-11(14)2-3-12(10)15/h2-3,6,16H,4-5,7-9H2,1H3. The highest BCUT2D eigenvalue weighted by molar-refractivity contribution is 9.10. The van der Waals surface area contributed by atoms with Gasteiger partial charge in [-0.05, 0) is 18.2 Å². The average Bonchev–Trinajstić information content (AvgIpc) is 2.83. The van der Waals surface area contributed by atoms with Gasteiger partial charge in [-0.1, -0.05) is 15.9 Å². The molecule has 1 aliphatic rings. The molecule has 0 spiro atoms. The Labute approximate surface area is 115 Å². The molecule has 18 heavy (non-hydrogen) atoms. The molecule has 3 nitrogen and oxygen atoms in total. The van der Waals surface area contributed by atoms with Crippen LogP contribution in [0.3, 0.4) is 0 Å². The first kappa shape index (κ1) is 13.9. The van der Waals surface area contributed by atoms with Crippen LogP contribution in [0.5, 0.6) is 0 Å². The highest BCUT2D eigenvalue weighted by atomic mass is 79.9. The smallest absolute Gasteiger partial charge is 0.127 e. The summed E-state index contributed by atoms with van der Waals surface area (Å²) in [6.07, 6.45) is 0.872. The number of rotatable bonds is 5. The SMILES string of the molecule is COC1(CNCc2cc(Br)ccc2F)CCOC1. The Morgan fingerprint density at radius 1 is 1.56 bits per heavy atom. The van der Waals surface area contributed by atoms with E-state index in [9.17, 15) is 4.39 Å². The summed E-state index contributed by atoms with van der Waals surface area (Å²) in [5.74, 6) is -0.195. The fraction of sp³-hybridized carbons (Fsp3) is 0.538. The van der Waals surface area contributed by atoms with Crippen molar-refractivity contribution in [3.63, 3.8) is 0 Å². The van der Waals surface area contributed by atoms with Gasteiger partial charge in [0, 0.05) is 43.3 Å². The molecular formula is C13H17BrFNO2. The second-order valence-corrected chi connectivity index (χ2v) is 5.44. The van der Waals surface area contributed by atoms with Crippen molar-refractivity contribution in [3.05, 3.63) is 34.1 Å². The lowest BCUT2D eigenvalue weighted by Gasteiger charge is -2.26. The molecule has 5 heteroatoms. The Morgan fingerprint density at radius 3 is 3.06 bits per heavy atom. The summed E-state index contributed by atoms with van der Waals surface area (Å²) in [7, 11) is 1.69. The van der Waals surface area contributed by atoms with E-state index in [4.69, 9.17) is 9.47 Å². The van der Waals surface area contributed by atoms with Crippen LogP contribution in [0.15, 0.2) is 22.7 Å². The lowest BCUT2D eigenvalue weighted by Crippen LogP contribution is -2.42. The molecule has 1 atom stereocenters. The number of ether oxygens (including phenoxy) is 2. The van der Waals surface area contributed by atoms with E-state index >= 15 is 0 Å². The van der Waals surface area contributed by atoms with E-state index in [0.29, 0.717) is 25.3 Å². The van der Waals surface area contributed by atoms with E-state index < -0.39 is 0 Å². The maximum Gasteiger partial charge on any atom is 0.127 e. The van der Waals surface area contributed by atoms with Crippen molar-refractivity contribution >= 4 is 15.9 Å². The lowest BCUT2D eigenvalue weighted by atomic mass is 10.0. The van der Waals surface area contributed by atoms with Crippen LogP contribution < -0.4 is 5.32 Å². The van der Waals surface area contributed by atoms with Crippen molar-refractivity contribution < 1.29 is 13.9 Å². The summed E-state index contributed by atoms with van der Waals surface area (Å²) in [5.41, 5.74) is 0.386. The van der Waals surface area contributed by atoms with E-state index in [-0.39, 0.29) is 11.4 Å². The Balaban J connectivity index is 1.89. The van der Waals surface area contributed by atoms with Gasteiger partial charge in [0.2, 0.25) is 0 Å². The predicted molar refractivity (Wildman–Crippen MR) is 71.0 cm³/mol. The fourth-order valence-corrected chi connectivity index (χ4v) is 2.47. The monoisotopic (exact) mass is 317 g/mol. The largest absolute Gasteiger partial charge is 0.378 e. The lowest BCUT2D eigenvalue weighted by molar-refractivity contribution is -0.0159. The first-order chi connectivity index (χ1) is 8.65. The summed E-state index contributed by atoms with van der Waals surface area (Å²) < 4.78 is 25.3. The summed E-state index contributed by atoms with van der Waals surface area (Å²) in [6, 6.07) is 4.94. The highest BCUT2D eigenvalue weighted by Gasteiger charge is 2.34. The Kier molecular flexibility index (Phi) is 4.72. The van der Waals surface area contributed by atoms with Crippen molar-refractivity contribution in [2.45, 2.75) is 18.6 Å². The third kappa shape index (κ3) is 3.29. The molecule has 0 saturated carbocycles. The molecule has 1 heterocycles. The topological polar surface area (TPSA) is 30.5 Å². The molecule has 100 valence electrons. The number of benzene rings is 1. The first-order valence-corrected chi connectivity index (χ1v) is 6.72. The minimum atomic E-state index is -0.261. The molecule has 0 radical (unpaired) electrons. The van der Waals surface area contributed by atoms with E-state index in [1.54, 1.807) is 19.2 Å². The second-order valence-electron chi connectivity index (χ2n) is 4.53. The van der Waals surface area contributed by atoms with Crippen molar-refractivity contribution in [2.75, 3.05) is 26.9 Å². The number of halogens is 2. The molecule has 0 aliphatic carbocycles. The van der Waals surface area contributed by atoms with Crippen LogP contribution in [0.4, 0.5) is 4.39 Å². The summed E-state index contributed by atoms with van der Waals surface area (Å²) in [5, 5.41) is 3.24. The molecule has 1 unspecified atom stereocenters. The Morgan fingerprint density at radius 2 is 2.39 bits per heavy atom. The van der Waals surface area contributed by atoms with Gasteiger partial charge < -0.3 is 14.8 Å². The van der Waals surface area contributed by atoms with Crippen molar-refractivity contribution in [1.82, 2.24) is 5.32 Å². The van der Waals surface area contributed by atoms with Crippen LogP contribution >= 0.6 is 15.9 Å². The normalized spacial score (nSPS) is 23.5. The molecule has 1 N–H and O–H groups in total. The number of hydrogen-bond acceptors (Lipinski definition) is 3. The van der Waals surface area contributed by atoms with Crippen molar-refractivity contribution in [1.29, 1.82) is 0 Å².